The Morgan fingerprint density at radius 2 is 0.770 bits per heavy atom. The summed E-state index contributed by atoms with van der Waals surface area (Å²) in [6.07, 6.45) is 30.3. The van der Waals surface area contributed by atoms with Gasteiger partial charge in [0.2, 0.25) is 0 Å². The Labute approximate surface area is 372 Å². The molecule has 0 aromatic heterocycles. The van der Waals surface area contributed by atoms with Gasteiger partial charge >= 0.3 is 13.8 Å². The second-order valence-electron chi connectivity index (χ2n) is 18.0. The van der Waals surface area contributed by atoms with E-state index in [1.54, 1.807) is 0 Å². The van der Waals surface area contributed by atoms with Crippen molar-refractivity contribution in [2.75, 3.05) is 19.8 Å². The largest absolute Gasteiger partial charge is 0.472 e. The van der Waals surface area contributed by atoms with Gasteiger partial charge in [-0.15, -0.1) is 0 Å². The summed E-state index contributed by atoms with van der Waals surface area (Å²) in [4.78, 5) is 23.2. The molecule has 0 aromatic rings. The topological polar surface area (TPSA) is 192 Å². The zero-order valence-electron chi connectivity index (χ0n) is 39.0. The van der Waals surface area contributed by atoms with E-state index in [-0.39, 0.29) is 13.0 Å². The predicted molar refractivity (Wildman–Crippen MR) is 244 cm³/mol. The number of phosphoric ester groups is 1. The molecule has 0 bridgehead atoms. The molecule has 0 saturated heterocycles. The van der Waals surface area contributed by atoms with E-state index in [1.807, 2.05) is 0 Å². The van der Waals surface area contributed by atoms with Gasteiger partial charge in [-0.2, -0.15) is 0 Å². The van der Waals surface area contributed by atoms with E-state index in [0.29, 0.717) is 13.0 Å². The molecule has 1 fully saturated rings. The van der Waals surface area contributed by atoms with E-state index in [0.717, 1.165) is 38.5 Å². The number of phosphoric acid groups is 1. The Balaban J connectivity index is 2.30. The van der Waals surface area contributed by atoms with E-state index >= 15 is 0 Å². The van der Waals surface area contributed by atoms with Crippen LogP contribution in [0.25, 0.3) is 0 Å². The summed E-state index contributed by atoms with van der Waals surface area (Å²) in [6, 6.07) is 0. The summed E-state index contributed by atoms with van der Waals surface area (Å²) in [5.41, 5.74) is 0. The maximum atomic E-state index is 12.8. The van der Waals surface area contributed by atoms with E-state index in [9.17, 15) is 39.8 Å². The van der Waals surface area contributed by atoms with Crippen LogP contribution in [0.15, 0.2) is 0 Å². The molecule has 6 unspecified atom stereocenters. The summed E-state index contributed by atoms with van der Waals surface area (Å²) < 4.78 is 34.3. The van der Waals surface area contributed by atoms with Crippen LogP contribution in [0, 0.1) is 0 Å². The van der Waals surface area contributed by atoms with Gasteiger partial charge in [0.05, 0.1) is 13.2 Å². The molecule has 1 rings (SSSR count). The first-order valence-electron chi connectivity index (χ1n) is 25.4. The van der Waals surface area contributed by atoms with Crippen LogP contribution in [0.2, 0.25) is 0 Å². The van der Waals surface area contributed by atoms with Crippen molar-refractivity contribution in [3.63, 3.8) is 0 Å². The highest BCUT2D eigenvalue weighted by atomic mass is 31.2. The molecular formula is C48H95O12P. The van der Waals surface area contributed by atoms with Gasteiger partial charge in [-0.1, -0.05) is 219 Å². The van der Waals surface area contributed by atoms with Crippen LogP contribution in [0.4, 0.5) is 0 Å². The SMILES string of the molecule is CCCCCCCCCCCCCCCCCCCCCCCOCC(COP(=O)(O)OC1C(O)C(O)C(O)C(O)C1O)OC(=O)CCCCCCCCCCCCCCC. The third kappa shape index (κ3) is 31.8. The average Bonchev–Trinajstić information content (AvgIpc) is 3.24. The third-order valence-electron chi connectivity index (χ3n) is 12.2. The minimum Gasteiger partial charge on any atom is -0.457 e. The number of esters is 1. The molecule has 0 radical (unpaired) electrons. The van der Waals surface area contributed by atoms with Crippen LogP contribution in [-0.4, -0.2) is 98.9 Å². The average molecular weight is 895 g/mol. The first-order chi connectivity index (χ1) is 29.5. The number of carbonyl (C=O) groups is 1. The Hall–Kier alpha value is -0.660. The van der Waals surface area contributed by atoms with Gasteiger partial charge in [-0.3, -0.25) is 13.8 Å². The molecule has 0 heterocycles. The lowest BCUT2D eigenvalue weighted by molar-refractivity contribution is -0.220. The molecule has 0 spiro atoms. The summed E-state index contributed by atoms with van der Waals surface area (Å²) in [6.45, 7) is 4.31. The number of hydrogen-bond donors (Lipinski definition) is 6. The minimum absolute atomic E-state index is 0.0676. The molecule has 1 saturated carbocycles. The Kier molecular flexibility index (Phi) is 38.0. The fourth-order valence-corrected chi connectivity index (χ4v) is 9.15. The van der Waals surface area contributed by atoms with Crippen molar-refractivity contribution in [3.05, 3.63) is 0 Å². The van der Waals surface area contributed by atoms with Crippen LogP contribution >= 0.6 is 7.82 Å². The second-order valence-corrected chi connectivity index (χ2v) is 19.4. The fraction of sp³-hybridized carbons (Fsp3) is 0.979. The van der Waals surface area contributed by atoms with Crippen LogP contribution in [0.5, 0.6) is 0 Å². The van der Waals surface area contributed by atoms with Crippen LogP contribution in [-0.2, 0) is 27.9 Å². The lowest BCUT2D eigenvalue weighted by atomic mass is 9.85. The quantitative estimate of drug-likeness (QED) is 0.0193. The normalized spacial score (nSPS) is 22.0. The van der Waals surface area contributed by atoms with Gasteiger partial charge in [-0.25, -0.2) is 4.57 Å². The molecule has 0 aromatic carbocycles. The minimum atomic E-state index is -5.01. The lowest BCUT2D eigenvalue weighted by Gasteiger charge is -2.41. The smallest absolute Gasteiger partial charge is 0.457 e. The first kappa shape index (κ1) is 58.4. The Morgan fingerprint density at radius 1 is 0.459 bits per heavy atom. The molecule has 1 aliphatic rings. The van der Waals surface area contributed by atoms with Crippen LogP contribution in [0.1, 0.15) is 239 Å². The number of aliphatic hydroxyl groups is 5. The number of hydrogen-bond acceptors (Lipinski definition) is 11. The maximum absolute atomic E-state index is 12.8. The molecule has 6 N–H and O–H groups in total. The lowest BCUT2D eigenvalue weighted by Crippen LogP contribution is -2.64. The van der Waals surface area contributed by atoms with E-state index in [4.69, 9.17) is 18.5 Å². The summed E-state index contributed by atoms with van der Waals surface area (Å²) in [7, 11) is -5.01. The van der Waals surface area contributed by atoms with Gasteiger partial charge < -0.3 is 39.9 Å². The Morgan fingerprint density at radius 3 is 1.13 bits per heavy atom. The first-order valence-corrected chi connectivity index (χ1v) is 26.9. The molecule has 364 valence electrons. The van der Waals surface area contributed by atoms with Gasteiger partial charge in [0, 0.05) is 13.0 Å². The van der Waals surface area contributed by atoms with Crippen molar-refractivity contribution >= 4 is 13.8 Å². The van der Waals surface area contributed by atoms with Crippen LogP contribution < -0.4 is 0 Å². The standard InChI is InChI=1S/C48H95O12P/c1-3-5-7-9-11-13-15-17-18-19-20-21-22-23-24-26-28-30-32-34-36-38-57-39-41(40-58-61(55,56)60-48-46(53)44(51)43(50)45(52)47(48)54)59-42(49)37-35-33-31-29-27-25-16-14-12-10-8-6-4-2/h41,43-48,50-54H,3-40H2,1-2H3,(H,55,56). The number of carbonyl (C=O) groups excluding carboxylic acids is 1. The molecule has 0 aliphatic heterocycles. The van der Waals surface area contributed by atoms with Crippen molar-refractivity contribution < 1.29 is 58.3 Å². The summed E-state index contributed by atoms with van der Waals surface area (Å²) in [5.74, 6) is -0.471. The zero-order valence-corrected chi connectivity index (χ0v) is 39.9. The van der Waals surface area contributed by atoms with Gasteiger partial charge in [0.25, 0.3) is 0 Å². The zero-order chi connectivity index (χ0) is 44.8. The van der Waals surface area contributed by atoms with Crippen molar-refractivity contribution in [3.8, 4) is 0 Å². The summed E-state index contributed by atoms with van der Waals surface area (Å²) in [5, 5.41) is 50.2. The predicted octanol–water partition coefficient (Wildman–Crippen LogP) is 10.9. The highest BCUT2D eigenvalue weighted by Crippen LogP contribution is 2.47. The van der Waals surface area contributed by atoms with Gasteiger partial charge in [0.1, 0.15) is 42.7 Å². The molecular weight excluding hydrogens is 799 g/mol. The molecule has 0 amide bonds. The fourth-order valence-electron chi connectivity index (χ4n) is 8.18. The van der Waals surface area contributed by atoms with Gasteiger partial charge in [0.15, 0.2) is 0 Å². The van der Waals surface area contributed by atoms with Crippen LogP contribution in [0.3, 0.4) is 0 Å². The van der Waals surface area contributed by atoms with E-state index in [2.05, 4.69) is 13.8 Å². The highest BCUT2D eigenvalue weighted by molar-refractivity contribution is 7.47. The van der Waals surface area contributed by atoms with Crippen molar-refractivity contribution in [1.82, 2.24) is 0 Å². The number of ether oxygens (including phenoxy) is 2. The second kappa shape index (κ2) is 39.7. The molecule has 1 aliphatic carbocycles. The number of aliphatic hydroxyl groups excluding tert-OH is 5. The molecule has 61 heavy (non-hydrogen) atoms. The van der Waals surface area contributed by atoms with Gasteiger partial charge in [-0.05, 0) is 12.8 Å². The van der Waals surface area contributed by atoms with E-state index in [1.165, 1.54) is 173 Å². The Bertz CT molecular complexity index is 1020. The monoisotopic (exact) mass is 895 g/mol. The third-order valence-corrected chi connectivity index (χ3v) is 13.2. The number of rotatable bonds is 44. The highest BCUT2D eigenvalue weighted by Gasteiger charge is 2.51. The van der Waals surface area contributed by atoms with Crippen molar-refractivity contribution in [2.45, 2.75) is 281 Å². The number of unbranched alkanes of at least 4 members (excludes halogenated alkanes) is 32. The molecule has 6 atom stereocenters. The molecule has 12 nitrogen and oxygen atoms in total. The maximum Gasteiger partial charge on any atom is 0.472 e. The van der Waals surface area contributed by atoms with E-state index < -0.39 is 63.1 Å². The summed E-state index contributed by atoms with van der Waals surface area (Å²) >= 11 is 0. The van der Waals surface area contributed by atoms with Crippen molar-refractivity contribution in [2.24, 2.45) is 0 Å². The van der Waals surface area contributed by atoms with Crippen molar-refractivity contribution in [1.29, 1.82) is 0 Å². The molecule has 13 heteroatoms.